The minimum absolute atomic E-state index is 0.106. The molecule has 2 rings (SSSR count). The Balaban J connectivity index is 2.18. The van der Waals surface area contributed by atoms with Gasteiger partial charge < -0.3 is 10.5 Å². The summed E-state index contributed by atoms with van der Waals surface area (Å²) in [6, 6.07) is 5.44. The summed E-state index contributed by atoms with van der Waals surface area (Å²) in [6.45, 7) is 0.348. The average Bonchev–Trinajstić information content (AvgIpc) is 2.93. The van der Waals surface area contributed by atoms with Crippen molar-refractivity contribution in [3.63, 3.8) is 0 Å². The fourth-order valence-electron chi connectivity index (χ4n) is 2.68. The molecule has 1 fully saturated rings. The zero-order valence-electron chi connectivity index (χ0n) is 11.3. The molecule has 106 valence electrons. The first-order chi connectivity index (χ1) is 9.06. The van der Waals surface area contributed by atoms with Crippen molar-refractivity contribution in [2.75, 3.05) is 7.11 Å². The lowest BCUT2D eigenvalue weighted by atomic mass is 10.1. The van der Waals surface area contributed by atoms with E-state index in [1.807, 2.05) is 12.1 Å². The molecule has 1 aliphatic carbocycles. The van der Waals surface area contributed by atoms with E-state index in [9.17, 15) is 8.42 Å². The third-order valence-corrected chi connectivity index (χ3v) is 5.97. The molecule has 5 heteroatoms. The maximum Gasteiger partial charge on any atom is 0.157 e. The second-order valence-electron chi connectivity index (χ2n) is 5.06. The summed E-state index contributed by atoms with van der Waals surface area (Å²) in [4.78, 5) is 0. The van der Waals surface area contributed by atoms with E-state index in [2.05, 4.69) is 0 Å². The van der Waals surface area contributed by atoms with Gasteiger partial charge in [0.25, 0.3) is 0 Å². The van der Waals surface area contributed by atoms with Crippen LogP contribution in [0.2, 0.25) is 0 Å². The number of ether oxygens (including phenoxy) is 1. The summed E-state index contributed by atoms with van der Waals surface area (Å²) >= 11 is 0. The molecule has 0 amide bonds. The first kappa shape index (κ1) is 14.3. The number of hydrogen-bond donors (Lipinski definition) is 1. The van der Waals surface area contributed by atoms with Crippen molar-refractivity contribution in [1.82, 2.24) is 0 Å². The molecule has 0 radical (unpaired) electrons. The van der Waals surface area contributed by atoms with E-state index in [1.165, 1.54) is 0 Å². The first-order valence-corrected chi connectivity index (χ1v) is 8.36. The van der Waals surface area contributed by atoms with E-state index in [1.54, 1.807) is 13.2 Å². The van der Waals surface area contributed by atoms with Gasteiger partial charge in [0.05, 0.1) is 18.1 Å². The van der Waals surface area contributed by atoms with Crippen LogP contribution in [0.25, 0.3) is 0 Å². The molecule has 19 heavy (non-hydrogen) atoms. The smallest absolute Gasteiger partial charge is 0.157 e. The highest BCUT2D eigenvalue weighted by Gasteiger charge is 2.28. The molecule has 0 aliphatic heterocycles. The molecule has 0 aromatic heterocycles. The van der Waals surface area contributed by atoms with Gasteiger partial charge in [-0.05, 0) is 30.5 Å². The predicted molar refractivity (Wildman–Crippen MR) is 75.8 cm³/mol. The highest BCUT2D eigenvalue weighted by Crippen LogP contribution is 2.28. The third-order valence-electron chi connectivity index (χ3n) is 3.74. The molecule has 2 N–H and O–H groups in total. The van der Waals surface area contributed by atoms with Gasteiger partial charge in [-0.3, -0.25) is 0 Å². The van der Waals surface area contributed by atoms with Crippen LogP contribution in [0.1, 0.15) is 36.8 Å². The summed E-state index contributed by atoms with van der Waals surface area (Å²) in [7, 11) is -1.45. The molecule has 0 spiro atoms. The van der Waals surface area contributed by atoms with Gasteiger partial charge in [-0.15, -0.1) is 0 Å². The summed E-state index contributed by atoms with van der Waals surface area (Å²) in [6.07, 6.45) is 3.67. The van der Waals surface area contributed by atoms with Crippen LogP contribution in [0.3, 0.4) is 0 Å². The quantitative estimate of drug-likeness (QED) is 0.897. The van der Waals surface area contributed by atoms with E-state index >= 15 is 0 Å². The summed E-state index contributed by atoms with van der Waals surface area (Å²) in [5.74, 6) is 0.818. The van der Waals surface area contributed by atoms with E-state index < -0.39 is 9.84 Å². The Morgan fingerprint density at radius 1 is 1.32 bits per heavy atom. The van der Waals surface area contributed by atoms with Crippen molar-refractivity contribution >= 4 is 9.84 Å². The van der Waals surface area contributed by atoms with Crippen LogP contribution in [-0.4, -0.2) is 20.8 Å². The molecule has 1 aromatic carbocycles. The fraction of sp³-hybridized carbons (Fsp3) is 0.571. The lowest BCUT2D eigenvalue weighted by Gasteiger charge is -2.13. The van der Waals surface area contributed by atoms with E-state index in [4.69, 9.17) is 10.5 Å². The molecule has 0 heterocycles. The second-order valence-corrected chi connectivity index (χ2v) is 7.35. The van der Waals surface area contributed by atoms with Crippen LogP contribution in [0.15, 0.2) is 18.2 Å². The second kappa shape index (κ2) is 5.92. The Labute approximate surface area is 114 Å². The zero-order valence-corrected chi connectivity index (χ0v) is 12.1. The standard InChI is InChI=1S/C14H21NO3S/c1-18-14-7-6-11(8-12(14)9-15)10-19(16,17)13-4-2-3-5-13/h6-8,13H,2-5,9-10,15H2,1H3. The van der Waals surface area contributed by atoms with E-state index in [0.717, 1.165) is 36.8 Å². The monoisotopic (exact) mass is 283 g/mol. The van der Waals surface area contributed by atoms with Crippen LogP contribution >= 0.6 is 0 Å². The number of rotatable bonds is 5. The van der Waals surface area contributed by atoms with Gasteiger partial charge in [-0.25, -0.2) is 8.42 Å². The molecule has 0 saturated heterocycles. The fourth-order valence-corrected chi connectivity index (χ4v) is 4.61. The maximum atomic E-state index is 12.3. The van der Waals surface area contributed by atoms with Gasteiger partial charge in [0.1, 0.15) is 5.75 Å². The van der Waals surface area contributed by atoms with Crippen LogP contribution in [0, 0.1) is 0 Å². The van der Waals surface area contributed by atoms with Gasteiger partial charge in [0, 0.05) is 12.1 Å². The number of benzene rings is 1. The number of methoxy groups -OCH3 is 1. The van der Waals surface area contributed by atoms with Crippen molar-refractivity contribution in [3.05, 3.63) is 29.3 Å². The Kier molecular flexibility index (Phi) is 4.47. The van der Waals surface area contributed by atoms with Gasteiger partial charge in [-0.2, -0.15) is 0 Å². The minimum atomic E-state index is -3.04. The summed E-state index contributed by atoms with van der Waals surface area (Å²) in [5.41, 5.74) is 7.30. The molecule has 0 unspecified atom stereocenters. The van der Waals surface area contributed by atoms with Gasteiger partial charge in [0.2, 0.25) is 0 Å². The Bertz CT molecular complexity index is 534. The zero-order chi connectivity index (χ0) is 13.9. The number of sulfone groups is 1. The van der Waals surface area contributed by atoms with Crippen molar-refractivity contribution in [2.24, 2.45) is 5.73 Å². The van der Waals surface area contributed by atoms with Crippen molar-refractivity contribution < 1.29 is 13.2 Å². The van der Waals surface area contributed by atoms with Crippen LogP contribution in [0.4, 0.5) is 0 Å². The lowest BCUT2D eigenvalue weighted by Crippen LogP contribution is -2.19. The lowest BCUT2D eigenvalue weighted by molar-refractivity contribution is 0.409. The highest BCUT2D eigenvalue weighted by molar-refractivity contribution is 7.91. The van der Waals surface area contributed by atoms with Crippen LogP contribution in [0.5, 0.6) is 5.75 Å². The normalized spacial score (nSPS) is 16.7. The summed E-state index contributed by atoms with van der Waals surface area (Å²) < 4.78 is 29.8. The predicted octanol–water partition coefficient (Wildman–Crippen LogP) is 2.01. The first-order valence-electron chi connectivity index (χ1n) is 6.64. The van der Waals surface area contributed by atoms with Gasteiger partial charge in [-0.1, -0.05) is 18.9 Å². The van der Waals surface area contributed by atoms with E-state index in [-0.39, 0.29) is 11.0 Å². The number of nitrogens with two attached hydrogens (primary N) is 1. The van der Waals surface area contributed by atoms with Crippen LogP contribution < -0.4 is 10.5 Å². The van der Waals surface area contributed by atoms with E-state index in [0.29, 0.717) is 12.3 Å². The third kappa shape index (κ3) is 3.28. The van der Waals surface area contributed by atoms with Gasteiger partial charge in [0.15, 0.2) is 9.84 Å². The molecule has 1 aliphatic rings. The Morgan fingerprint density at radius 2 is 2.00 bits per heavy atom. The van der Waals surface area contributed by atoms with Gasteiger partial charge >= 0.3 is 0 Å². The maximum absolute atomic E-state index is 12.3. The highest BCUT2D eigenvalue weighted by atomic mass is 32.2. The van der Waals surface area contributed by atoms with Crippen LogP contribution in [-0.2, 0) is 22.1 Å². The van der Waals surface area contributed by atoms with Crippen molar-refractivity contribution in [3.8, 4) is 5.75 Å². The largest absolute Gasteiger partial charge is 0.496 e. The molecular formula is C14H21NO3S. The number of hydrogen-bond acceptors (Lipinski definition) is 4. The molecule has 0 bridgehead atoms. The molecular weight excluding hydrogens is 262 g/mol. The summed E-state index contributed by atoms with van der Waals surface area (Å²) in [5, 5.41) is -0.157. The topological polar surface area (TPSA) is 69.4 Å². The SMILES string of the molecule is COc1ccc(CS(=O)(=O)C2CCCC2)cc1CN. The molecule has 0 atom stereocenters. The van der Waals surface area contributed by atoms with Crippen molar-refractivity contribution in [2.45, 2.75) is 43.2 Å². The van der Waals surface area contributed by atoms with Crippen molar-refractivity contribution in [1.29, 1.82) is 0 Å². The molecule has 1 aromatic rings. The Hall–Kier alpha value is -1.07. The average molecular weight is 283 g/mol. The molecule has 4 nitrogen and oxygen atoms in total. The Morgan fingerprint density at radius 3 is 2.58 bits per heavy atom. The minimum Gasteiger partial charge on any atom is -0.496 e. The molecule has 1 saturated carbocycles.